The molecule has 0 heterocycles. The third-order valence-electron chi connectivity index (χ3n) is 3.38. The predicted molar refractivity (Wildman–Crippen MR) is 87.1 cm³/mol. The molecule has 0 N–H and O–H groups in total. The lowest BCUT2D eigenvalue weighted by molar-refractivity contribution is 0.103. The average molecular weight is 268 g/mol. The van der Waals surface area contributed by atoms with Crippen LogP contribution in [-0.2, 0) is 0 Å². The number of ketones is 1. The Hall–Kier alpha value is -2.61. The minimum atomic E-state index is 0.0290. The van der Waals surface area contributed by atoms with E-state index in [9.17, 15) is 4.79 Å². The van der Waals surface area contributed by atoms with Crippen LogP contribution in [0.1, 0.15) is 15.9 Å². The number of carbonyl (C=O) groups is 1. The second-order valence-corrected chi connectivity index (χ2v) is 4.90. The third-order valence-corrected chi connectivity index (χ3v) is 3.38. The Bertz CT molecular complexity index is 778. The highest BCUT2D eigenvalue weighted by Crippen LogP contribution is 2.20. The van der Waals surface area contributed by atoms with E-state index in [2.05, 4.69) is 0 Å². The molecule has 0 saturated heterocycles. The maximum atomic E-state index is 12.5. The van der Waals surface area contributed by atoms with Gasteiger partial charge >= 0.3 is 0 Å². The maximum Gasteiger partial charge on any atom is 0.193 e. The van der Waals surface area contributed by atoms with Gasteiger partial charge in [0.15, 0.2) is 5.78 Å². The molecule has 0 aliphatic rings. The van der Waals surface area contributed by atoms with E-state index in [0.29, 0.717) is 16.6 Å². The molecule has 0 fully saturated rings. The fourth-order valence-electron chi connectivity index (χ4n) is 2.31. The Balaban J connectivity index is 1.99. The van der Waals surface area contributed by atoms with Gasteiger partial charge in [-0.2, -0.15) is 0 Å². The standard InChI is InChI=1S/C19H13BO/c20-18-11-5-9-16(13-18)15-8-4-10-17(12-15)19(21)14-6-2-1-3-7-14/h1-13H. The maximum absolute atomic E-state index is 12.5. The summed E-state index contributed by atoms with van der Waals surface area (Å²) in [7, 11) is 5.82. The number of benzene rings is 3. The van der Waals surface area contributed by atoms with Crippen LogP contribution in [0.15, 0.2) is 78.9 Å². The molecular formula is C19H13BO. The van der Waals surface area contributed by atoms with Crippen LogP contribution in [0.2, 0.25) is 0 Å². The van der Waals surface area contributed by atoms with Crippen LogP contribution in [-0.4, -0.2) is 13.6 Å². The number of rotatable bonds is 3. The smallest absolute Gasteiger partial charge is 0.193 e. The summed E-state index contributed by atoms with van der Waals surface area (Å²) < 4.78 is 0. The molecule has 2 heteroatoms. The lowest BCUT2D eigenvalue weighted by Gasteiger charge is -2.06. The first-order valence-corrected chi connectivity index (χ1v) is 6.80. The van der Waals surface area contributed by atoms with Gasteiger partial charge in [0, 0.05) is 11.1 Å². The molecule has 2 radical (unpaired) electrons. The molecule has 0 saturated carbocycles. The molecule has 0 amide bonds. The quantitative estimate of drug-likeness (QED) is 0.525. The van der Waals surface area contributed by atoms with E-state index >= 15 is 0 Å². The van der Waals surface area contributed by atoms with Gasteiger partial charge in [-0.05, 0) is 17.2 Å². The lowest BCUT2D eigenvalue weighted by Crippen LogP contribution is -2.02. The van der Waals surface area contributed by atoms with Crippen molar-refractivity contribution in [2.75, 3.05) is 0 Å². The Morgan fingerprint density at radius 3 is 2.00 bits per heavy atom. The third kappa shape index (κ3) is 2.95. The normalized spacial score (nSPS) is 10.3. The molecular weight excluding hydrogens is 255 g/mol. The first-order chi connectivity index (χ1) is 10.2. The zero-order valence-corrected chi connectivity index (χ0v) is 11.5. The summed E-state index contributed by atoms with van der Waals surface area (Å²) in [4.78, 5) is 12.5. The van der Waals surface area contributed by atoms with Crippen molar-refractivity contribution >= 4 is 19.1 Å². The van der Waals surface area contributed by atoms with Crippen LogP contribution in [0, 0.1) is 0 Å². The monoisotopic (exact) mass is 268 g/mol. The molecule has 0 aromatic heterocycles. The van der Waals surface area contributed by atoms with Gasteiger partial charge in [-0.25, -0.2) is 0 Å². The minimum absolute atomic E-state index is 0.0290. The highest BCUT2D eigenvalue weighted by Gasteiger charge is 2.09. The molecule has 0 spiro atoms. The first kappa shape index (κ1) is 13.4. The van der Waals surface area contributed by atoms with Crippen molar-refractivity contribution in [3.63, 3.8) is 0 Å². The van der Waals surface area contributed by atoms with Crippen molar-refractivity contribution in [2.24, 2.45) is 0 Å². The summed E-state index contributed by atoms with van der Waals surface area (Å²) in [5.41, 5.74) is 4.09. The van der Waals surface area contributed by atoms with Crippen LogP contribution in [0.3, 0.4) is 0 Å². The van der Waals surface area contributed by atoms with Gasteiger partial charge in [-0.1, -0.05) is 78.3 Å². The molecule has 0 atom stereocenters. The van der Waals surface area contributed by atoms with E-state index in [1.807, 2.05) is 78.9 Å². The highest BCUT2D eigenvalue weighted by molar-refractivity contribution is 6.32. The van der Waals surface area contributed by atoms with E-state index in [1.165, 1.54) is 0 Å². The largest absolute Gasteiger partial charge is 0.289 e. The van der Waals surface area contributed by atoms with E-state index in [-0.39, 0.29) is 5.78 Å². The van der Waals surface area contributed by atoms with Gasteiger partial charge in [0.25, 0.3) is 0 Å². The number of hydrogen-bond donors (Lipinski definition) is 0. The summed E-state index contributed by atoms with van der Waals surface area (Å²) >= 11 is 0. The second kappa shape index (κ2) is 5.80. The molecule has 98 valence electrons. The van der Waals surface area contributed by atoms with Crippen molar-refractivity contribution in [3.05, 3.63) is 90.0 Å². The van der Waals surface area contributed by atoms with Gasteiger partial charge in [-0.15, -0.1) is 0 Å². The van der Waals surface area contributed by atoms with Crippen LogP contribution >= 0.6 is 0 Å². The highest BCUT2D eigenvalue weighted by atomic mass is 16.1. The molecule has 21 heavy (non-hydrogen) atoms. The molecule has 0 aliphatic heterocycles. The van der Waals surface area contributed by atoms with Crippen LogP contribution < -0.4 is 5.46 Å². The van der Waals surface area contributed by atoms with Crippen molar-refractivity contribution in [3.8, 4) is 11.1 Å². The zero-order chi connectivity index (χ0) is 14.7. The fraction of sp³-hybridized carbons (Fsp3) is 0. The molecule has 3 aromatic rings. The van der Waals surface area contributed by atoms with E-state index in [1.54, 1.807) is 0 Å². The van der Waals surface area contributed by atoms with E-state index in [4.69, 9.17) is 7.85 Å². The average Bonchev–Trinajstić information content (AvgIpc) is 2.55. The predicted octanol–water partition coefficient (Wildman–Crippen LogP) is 3.38. The molecule has 3 rings (SSSR count). The topological polar surface area (TPSA) is 17.1 Å². The Morgan fingerprint density at radius 1 is 0.667 bits per heavy atom. The Morgan fingerprint density at radius 2 is 1.29 bits per heavy atom. The van der Waals surface area contributed by atoms with Crippen molar-refractivity contribution in [2.45, 2.75) is 0 Å². The fourth-order valence-corrected chi connectivity index (χ4v) is 2.31. The molecule has 3 aromatic carbocycles. The summed E-state index contributed by atoms with van der Waals surface area (Å²) in [5, 5.41) is 0. The van der Waals surface area contributed by atoms with Crippen LogP contribution in [0.25, 0.3) is 11.1 Å². The van der Waals surface area contributed by atoms with Gasteiger partial charge < -0.3 is 0 Å². The van der Waals surface area contributed by atoms with Crippen LogP contribution in [0.4, 0.5) is 0 Å². The van der Waals surface area contributed by atoms with Gasteiger partial charge in [-0.3, -0.25) is 4.79 Å². The minimum Gasteiger partial charge on any atom is -0.289 e. The SMILES string of the molecule is [B]c1cccc(-c2cccc(C(=O)c3ccccc3)c2)c1. The Kier molecular flexibility index (Phi) is 3.70. The van der Waals surface area contributed by atoms with E-state index < -0.39 is 0 Å². The number of carbonyl (C=O) groups excluding carboxylic acids is 1. The van der Waals surface area contributed by atoms with Crippen LogP contribution in [0.5, 0.6) is 0 Å². The number of hydrogen-bond acceptors (Lipinski definition) is 1. The first-order valence-electron chi connectivity index (χ1n) is 6.80. The van der Waals surface area contributed by atoms with Crippen molar-refractivity contribution in [1.82, 2.24) is 0 Å². The molecule has 0 bridgehead atoms. The van der Waals surface area contributed by atoms with Gasteiger partial charge in [0.2, 0.25) is 0 Å². The van der Waals surface area contributed by atoms with Gasteiger partial charge in [0.05, 0.1) is 0 Å². The summed E-state index contributed by atoms with van der Waals surface area (Å²) in [6, 6.07) is 24.6. The lowest BCUT2D eigenvalue weighted by atomic mass is 9.91. The summed E-state index contributed by atoms with van der Waals surface area (Å²) in [6.45, 7) is 0. The van der Waals surface area contributed by atoms with Crippen molar-refractivity contribution in [1.29, 1.82) is 0 Å². The van der Waals surface area contributed by atoms with Crippen molar-refractivity contribution < 1.29 is 4.79 Å². The summed E-state index contributed by atoms with van der Waals surface area (Å²) in [5.74, 6) is 0.0290. The zero-order valence-electron chi connectivity index (χ0n) is 11.5. The summed E-state index contributed by atoms with van der Waals surface area (Å²) in [6.07, 6.45) is 0. The second-order valence-electron chi connectivity index (χ2n) is 4.90. The van der Waals surface area contributed by atoms with E-state index in [0.717, 1.165) is 11.1 Å². The Labute approximate surface area is 125 Å². The molecule has 0 unspecified atom stereocenters. The van der Waals surface area contributed by atoms with Gasteiger partial charge in [0.1, 0.15) is 7.85 Å². The molecule has 1 nitrogen and oxygen atoms in total. The molecule has 0 aliphatic carbocycles.